The molecule has 2 heterocycles. The molecule has 1 aromatic carbocycles. The van der Waals surface area contributed by atoms with Gasteiger partial charge in [-0.15, -0.1) is 0 Å². The van der Waals surface area contributed by atoms with Crippen molar-refractivity contribution >= 4 is 22.6 Å². The van der Waals surface area contributed by atoms with Crippen LogP contribution in [0.1, 0.15) is 29.6 Å². The first-order valence-electron chi connectivity index (χ1n) is 7.19. The number of H-pyrrole nitrogens is 1. The highest BCUT2D eigenvalue weighted by Crippen LogP contribution is 2.24. The molecule has 22 heavy (non-hydrogen) atoms. The van der Waals surface area contributed by atoms with Crippen LogP contribution in [-0.4, -0.2) is 35.2 Å². The molecule has 2 aromatic rings. The van der Waals surface area contributed by atoms with Gasteiger partial charge in [0, 0.05) is 30.3 Å². The van der Waals surface area contributed by atoms with Crippen molar-refractivity contribution in [3.8, 4) is 0 Å². The van der Waals surface area contributed by atoms with E-state index in [4.69, 9.17) is 9.47 Å². The molecular weight excluding hydrogens is 288 g/mol. The van der Waals surface area contributed by atoms with Gasteiger partial charge in [-0.2, -0.15) is 0 Å². The largest absolute Gasteiger partial charge is 0.459 e. The number of fused-ring (bicyclic) bond motifs is 1. The molecule has 0 radical (unpaired) electrons. The second-order valence-electron chi connectivity index (χ2n) is 5.28. The fourth-order valence-electron chi connectivity index (χ4n) is 2.58. The van der Waals surface area contributed by atoms with Crippen LogP contribution < -0.4 is 0 Å². The Morgan fingerprint density at radius 2 is 2.32 bits per heavy atom. The molecule has 0 aliphatic carbocycles. The number of esters is 1. The predicted octanol–water partition coefficient (Wildman–Crippen LogP) is 2.80. The van der Waals surface area contributed by atoms with E-state index in [1.807, 2.05) is 0 Å². The maximum absolute atomic E-state index is 12.1. The van der Waals surface area contributed by atoms with Gasteiger partial charge >= 0.3 is 5.97 Å². The van der Waals surface area contributed by atoms with E-state index in [0.29, 0.717) is 23.1 Å². The number of hydrogen-bond acceptors (Lipinski definition) is 5. The average molecular weight is 304 g/mol. The zero-order valence-corrected chi connectivity index (χ0v) is 11.9. The second kappa shape index (κ2) is 6.15. The fourth-order valence-corrected chi connectivity index (χ4v) is 2.58. The number of benzene rings is 1. The lowest BCUT2D eigenvalue weighted by Crippen LogP contribution is -2.25. The molecule has 1 aliphatic rings. The normalized spacial score (nSPS) is 18.3. The number of nitro benzene ring substituents is 1. The Morgan fingerprint density at radius 3 is 3.05 bits per heavy atom. The van der Waals surface area contributed by atoms with E-state index in [1.165, 1.54) is 18.3 Å². The van der Waals surface area contributed by atoms with Gasteiger partial charge in [0.2, 0.25) is 0 Å². The quantitative estimate of drug-likeness (QED) is 0.532. The number of non-ortho nitro benzene ring substituents is 1. The lowest BCUT2D eigenvalue weighted by molar-refractivity contribution is -0.384. The van der Waals surface area contributed by atoms with Gasteiger partial charge < -0.3 is 14.5 Å². The molecule has 0 amide bonds. The van der Waals surface area contributed by atoms with Crippen molar-refractivity contribution in [2.24, 2.45) is 0 Å². The molecule has 1 aromatic heterocycles. The maximum Gasteiger partial charge on any atom is 0.340 e. The third-order valence-corrected chi connectivity index (χ3v) is 3.77. The number of nitrogens with one attached hydrogen (secondary N) is 1. The van der Waals surface area contributed by atoms with Crippen molar-refractivity contribution in [2.45, 2.75) is 25.4 Å². The minimum absolute atomic E-state index is 0.0233. The Hall–Kier alpha value is -2.41. The Bertz CT molecular complexity index is 703. The van der Waals surface area contributed by atoms with Crippen LogP contribution in [0.2, 0.25) is 0 Å². The predicted molar refractivity (Wildman–Crippen MR) is 78.8 cm³/mol. The first-order chi connectivity index (χ1) is 10.6. The molecule has 1 fully saturated rings. The summed E-state index contributed by atoms with van der Waals surface area (Å²) in [6, 6.07) is 4.32. The molecule has 1 aliphatic heterocycles. The van der Waals surface area contributed by atoms with Crippen molar-refractivity contribution in [3.63, 3.8) is 0 Å². The highest BCUT2D eigenvalue weighted by atomic mass is 16.6. The van der Waals surface area contributed by atoms with E-state index < -0.39 is 10.9 Å². The van der Waals surface area contributed by atoms with Crippen molar-refractivity contribution in [1.29, 1.82) is 0 Å². The SMILES string of the molecule is O=C(OCC1CCCCO1)c1c[nH]c2cc([N+](=O)[O-])ccc12. The van der Waals surface area contributed by atoms with Crippen LogP contribution in [0, 0.1) is 10.1 Å². The van der Waals surface area contributed by atoms with E-state index >= 15 is 0 Å². The standard InChI is InChI=1S/C15H16N2O5/c18-15(22-9-11-3-1-2-6-21-11)13-8-16-14-7-10(17(19)20)4-5-12(13)14/h4-5,7-8,11,16H,1-3,6,9H2. The Balaban J connectivity index is 1.72. The molecule has 1 atom stereocenters. The van der Waals surface area contributed by atoms with E-state index in [0.717, 1.165) is 19.3 Å². The maximum atomic E-state index is 12.1. The monoisotopic (exact) mass is 304 g/mol. The summed E-state index contributed by atoms with van der Waals surface area (Å²) in [5.41, 5.74) is 0.889. The number of carbonyl (C=O) groups is 1. The van der Waals surface area contributed by atoms with Crippen LogP contribution >= 0.6 is 0 Å². The molecule has 1 saturated heterocycles. The first-order valence-corrected chi connectivity index (χ1v) is 7.19. The van der Waals surface area contributed by atoms with Crippen LogP contribution in [0.3, 0.4) is 0 Å². The summed E-state index contributed by atoms with van der Waals surface area (Å²) in [6.45, 7) is 0.942. The van der Waals surface area contributed by atoms with Crippen LogP contribution in [0.5, 0.6) is 0 Å². The topological polar surface area (TPSA) is 94.5 Å². The van der Waals surface area contributed by atoms with Crippen LogP contribution in [0.15, 0.2) is 24.4 Å². The summed E-state index contributed by atoms with van der Waals surface area (Å²) in [7, 11) is 0. The summed E-state index contributed by atoms with van der Waals surface area (Å²) in [4.78, 5) is 25.3. The van der Waals surface area contributed by atoms with Gasteiger partial charge in [0.1, 0.15) is 6.61 Å². The number of nitro groups is 1. The highest BCUT2D eigenvalue weighted by molar-refractivity contribution is 6.04. The van der Waals surface area contributed by atoms with E-state index in [-0.39, 0.29) is 18.4 Å². The summed E-state index contributed by atoms with van der Waals surface area (Å²) in [5, 5.41) is 11.4. The third-order valence-electron chi connectivity index (χ3n) is 3.77. The molecule has 0 bridgehead atoms. The molecule has 1 unspecified atom stereocenters. The number of rotatable bonds is 4. The lowest BCUT2D eigenvalue weighted by atomic mass is 10.1. The summed E-state index contributed by atoms with van der Waals surface area (Å²) in [6.07, 6.45) is 4.50. The van der Waals surface area contributed by atoms with E-state index in [1.54, 1.807) is 6.07 Å². The average Bonchev–Trinajstić information content (AvgIpc) is 2.96. The van der Waals surface area contributed by atoms with Crippen molar-refractivity contribution < 1.29 is 19.2 Å². The second-order valence-corrected chi connectivity index (χ2v) is 5.28. The Kier molecular flexibility index (Phi) is 4.06. The van der Waals surface area contributed by atoms with Gasteiger partial charge in [-0.3, -0.25) is 10.1 Å². The number of ether oxygens (including phenoxy) is 2. The number of aromatic amines is 1. The zero-order valence-electron chi connectivity index (χ0n) is 11.9. The minimum Gasteiger partial charge on any atom is -0.459 e. The Morgan fingerprint density at radius 1 is 1.45 bits per heavy atom. The van der Waals surface area contributed by atoms with Crippen LogP contribution in [-0.2, 0) is 9.47 Å². The smallest absolute Gasteiger partial charge is 0.340 e. The van der Waals surface area contributed by atoms with Gasteiger partial charge in [-0.25, -0.2) is 4.79 Å². The molecule has 1 N–H and O–H groups in total. The molecule has 116 valence electrons. The van der Waals surface area contributed by atoms with E-state index in [2.05, 4.69) is 4.98 Å². The first kappa shape index (κ1) is 14.5. The minimum atomic E-state index is -0.474. The number of carbonyl (C=O) groups excluding carboxylic acids is 1. The van der Waals surface area contributed by atoms with Crippen molar-refractivity contribution in [1.82, 2.24) is 4.98 Å². The van der Waals surface area contributed by atoms with E-state index in [9.17, 15) is 14.9 Å². The Labute approximate surface area is 126 Å². The summed E-state index contributed by atoms with van der Waals surface area (Å²) >= 11 is 0. The summed E-state index contributed by atoms with van der Waals surface area (Å²) < 4.78 is 10.8. The van der Waals surface area contributed by atoms with Crippen molar-refractivity contribution in [2.75, 3.05) is 13.2 Å². The number of nitrogens with zero attached hydrogens (tertiary/aromatic N) is 1. The summed E-state index contributed by atoms with van der Waals surface area (Å²) in [5.74, 6) is -0.450. The molecule has 7 nitrogen and oxygen atoms in total. The zero-order chi connectivity index (χ0) is 15.5. The van der Waals surface area contributed by atoms with Gasteiger partial charge in [-0.1, -0.05) is 0 Å². The molecule has 3 rings (SSSR count). The number of aromatic nitrogens is 1. The highest BCUT2D eigenvalue weighted by Gasteiger charge is 2.19. The fraction of sp³-hybridized carbons (Fsp3) is 0.400. The molecule has 7 heteroatoms. The van der Waals surface area contributed by atoms with Crippen LogP contribution in [0.4, 0.5) is 5.69 Å². The molecule has 0 saturated carbocycles. The van der Waals surface area contributed by atoms with Gasteiger partial charge in [0.25, 0.3) is 5.69 Å². The number of hydrogen-bond donors (Lipinski definition) is 1. The van der Waals surface area contributed by atoms with Gasteiger partial charge in [-0.05, 0) is 25.3 Å². The van der Waals surface area contributed by atoms with Crippen LogP contribution in [0.25, 0.3) is 10.9 Å². The van der Waals surface area contributed by atoms with Gasteiger partial charge in [0.05, 0.1) is 22.1 Å². The molecular formula is C15H16N2O5. The molecule has 0 spiro atoms. The van der Waals surface area contributed by atoms with Crippen molar-refractivity contribution in [3.05, 3.63) is 40.1 Å². The lowest BCUT2D eigenvalue weighted by Gasteiger charge is -2.21. The van der Waals surface area contributed by atoms with Gasteiger partial charge in [0.15, 0.2) is 0 Å². The third kappa shape index (κ3) is 2.94.